The molecular weight excluding hydrogens is 276 g/mol. The lowest BCUT2D eigenvalue weighted by Crippen LogP contribution is -2.12. The Bertz CT molecular complexity index is 282. The van der Waals surface area contributed by atoms with Crippen molar-refractivity contribution < 1.29 is 32.1 Å². The minimum Gasteiger partial charge on any atom is -0.396 e. The molecule has 0 aromatic heterocycles. The summed E-state index contributed by atoms with van der Waals surface area (Å²) >= 11 is 5.34. The second-order valence-electron chi connectivity index (χ2n) is 3.24. The van der Waals surface area contributed by atoms with Crippen LogP contribution in [-0.2, 0) is 18.8 Å². The van der Waals surface area contributed by atoms with Crippen LogP contribution in [-0.4, -0.2) is 61.6 Å². The molecule has 17 heavy (non-hydrogen) atoms. The monoisotopic (exact) mass is 292 g/mol. The van der Waals surface area contributed by atoms with Gasteiger partial charge in [-0.25, -0.2) is 8.37 Å². The number of aliphatic hydroxyl groups excluding tert-OH is 3. The molecule has 1 rings (SSSR count). The molecule has 1 saturated heterocycles. The summed E-state index contributed by atoms with van der Waals surface area (Å²) in [5, 5.41) is 24.6. The fraction of sp³-hybridized carbons (Fsp3) is 1.00. The Morgan fingerprint density at radius 2 is 2.06 bits per heavy atom. The van der Waals surface area contributed by atoms with E-state index < -0.39 is 16.5 Å². The Hall–Kier alpha value is 0.0400. The first-order valence-corrected chi connectivity index (χ1v) is 6.85. The normalized spacial score (nSPS) is 23.9. The van der Waals surface area contributed by atoms with Crippen LogP contribution in [0, 0.1) is 0 Å². The Kier molecular flexibility index (Phi) is 9.06. The molecule has 0 amide bonds. The average Bonchev–Trinajstić information content (AvgIpc) is 2.60. The predicted molar refractivity (Wildman–Crippen MR) is 59.9 cm³/mol. The van der Waals surface area contributed by atoms with Gasteiger partial charge in [-0.3, -0.25) is 0 Å². The molecule has 104 valence electrons. The fourth-order valence-corrected chi connectivity index (χ4v) is 1.98. The third-order valence-electron chi connectivity index (χ3n) is 1.76. The first-order chi connectivity index (χ1) is 7.95. The lowest BCUT2D eigenvalue weighted by Gasteiger charge is -2.00. The van der Waals surface area contributed by atoms with Crippen LogP contribution >= 0.6 is 11.6 Å². The van der Waals surface area contributed by atoms with Crippen LogP contribution in [0.15, 0.2) is 0 Å². The summed E-state index contributed by atoms with van der Waals surface area (Å²) in [4.78, 5) is 0. The first-order valence-electron chi connectivity index (χ1n) is 4.98. The number of hydrogen-bond donors (Lipinski definition) is 3. The van der Waals surface area contributed by atoms with Crippen LogP contribution in [0.4, 0.5) is 0 Å². The van der Waals surface area contributed by atoms with E-state index in [9.17, 15) is 8.42 Å². The van der Waals surface area contributed by atoms with Crippen LogP contribution in [0.2, 0.25) is 0 Å². The molecular formula is C8H17ClO7S. The van der Waals surface area contributed by atoms with Crippen molar-refractivity contribution in [3.8, 4) is 0 Å². The van der Waals surface area contributed by atoms with Gasteiger partial charge in [-0.05, 0) is 12.8 Å². The molecule has 1 heterocycles. The van der Waals surface area contributed by atoms with E-state index in [2.05, 4.69) is 8.37 Å². The molecule has 1 aliphatic rings. The molecule has 0 aromatic carbocycles. The van der Waals surface area contributed by atoms with E-state index in [1.807, 2.05) is 0 Å². The second-order valence-corrected chi connectivity index (χ2v) is 4.86. The zero-order valence-corrected chi connectivity index (χ0v) is 10.7. The third-order valence-corrected chi connectivity index (χ3v) is 2.91. The van der Waals surface area contributed by atoms with Crippen molar-refractivity contribution in [1.82, 2.24) is 0 Å². The molecule has 1 fully saturated rings. The van der Waals surface area contributed by atoms with Crippen LogP contribution in [0.25, 0.3) is 0 Å². The molecule has 0 saturated carbocycles. The third kappa shape index (κ3) is 8.72. The standard InChI is InChI=1S/C4H7ClO4S.C4H10O3/c5-2-1-4-3-8-10(6,7)9-4;5-2-1-4(7)3-6/h4H,1-3H2;4-7H,1-3H2/t2*4-/m00/s1. The summed E-state index contributed by atoms with van der Waals surface area (Å²) < 4.78 is 29.6. The smallest absolute Gasteiger partial charge is 0.396 e. The van der Waals surface area contributed by atoms with E-state index in [1.165, 1.54) is 0 Å². The van der Waals surface area contributed by atoms with E-state index >= 15 is 0 Å². The van der Waals surface area contributed by atoms with Gasteiger partial charge in [0, 0.05) is 12.5 Å². The van der Waals surface area contributed by atoms with Crippen LogP contribution < -0.4 is 0 Å². The molecule has 7 nitrogen and oxygen atoms in total. The van der Waals surface area contributed by atoms with Gasteiger partial charge in [-0.2, -0.15) is 8.42 Å². The maximum atomic E-state index is 10.4. The molecule has 9 heteroatoms. The predicted octanol–water partition coefficient (Wildman–Crippen LogP) is -1.00. The molecule has 0 aromatic rings. The van der Waals surface area contributed by atoms with Crippen LogP contribution in [0.1, 0.15) is 12.8 Å². The van der Waals surface area contributed by atoms with Gasteiger partial charge in [0.2, 0.25) is 0 Å². The van der Waals surface area contributed by atoms with Crippen molar-refractivity contribution in [3.63, 3.8) is 0 Å². The van der Waals surface area contributed by atoms with Gasteiger partial charge in [0.25, 0.3) is 0 Å². The molecule has 0 radical (unpaired) electrons. The van der Waals surface area contributed by atoms with E-state index in [4.69, 9.17) is 26.9 Å². The fourth-order valence-electron chi connectivity index (χ4n) is 0.875. The first kappa shape index (κ1) is 17.0. The Balaban J connectivity index is 0.000000325. The van der Waals surface area contributed by atoms with Crippen LogP contribution in [0.3, 0.4) is 0 Å². The van der Waals surface area contributed by atoms with Crippen molar-refractivity contribution in [1.29, 1.82) is 0 Å². The van der Waals surface area contributed by atoms with Gasteiger partial charge in [0.1, 0.15) is 6.10 Å². The highest BCUT2D eigenvalue weighted by atomic mass is 35.5. The lowest BCUT2D eigenvalue weighted by molar-refractivity contribution is 0.0721. The number of hydrogen-bond acceptors (Lipinski definition) is 7. The van der Waals surface area contributed by atoms with Crippen molar-refractivity contribution in [2.45, 2.75) is 25.0 Å². The van der Waals surface area contributed by atoms with Gasteiger partial charge in [0.15, 0.2) is 0 Å². The topological polar surface area (TPSA) is 113 Å². The zero-order chi connectivity index (χ0) is 13.3. The van der Waals surface area contributed by atoms with E-state index in [-0.39, 0.29) is 32.3 Å². The Labute approximate surface area is 105 Å². The second kappa shape index (κ2) is 9.03. The molecule has 1 aliphatic heterocycles. The summed E-state index contributed by atoms with van der Waals surface area (Å²) in [5.74, 6) is 0.379. The minimum atomic E-state index is -3.68. The average molecular weight is 293 g/mol. The van der Waals surface area contributed by atoms with Crippen molar-refractivity contribution in [2.24, 2.45) is 0 Å². The zero-order valence-electron chi connectivity index (χ0n) is 9.16. The molecule has 0 unspecified atom stereocenters. The van der Waals surface area contributed by atoms with Gasteiger partial charge < -0.3 is 15.3 Å². The highest BCUT2D eigenvalue weighted by Crippen LogP contribution is 2.15. The van der Waals surface area contributed by atoms with Crippen molar-refractivity contribution >= 4 is 22.0 Å². The summed E-state index contributed by atoms with van der Waals surface area (Å²) in [7, 11) is -3.68. The van der Waals surface area contributed by atoms with Crippen molar-refractivity contribution in [3.05, 3.63) is 0 Å². The largest absolute Gasteiger partial charge is 0.400 e. The van der Waals surface area contributed by atoms with Gasteiger partial charge in [0.05, 0.1) is 19.3 Å². The molecule has 3 N–H and O–H groups in total. The molecule has 2 atom stereocenters. The summed E-state index contributed by atoms with van der Waals surface area (Å²) in [6.45, 7) is -0.239. The number of alkyl halides is 1. The Morgan fingerprint density at radius 3 is 2.35 bits per heavy atom. The summed E-state index contributed by atoms with van der Waals surface area (Å²) in [6, 6.07) is 0. The van der Waals surface area contributed by atoms with Gasteiger partial charge >= 0.3 is 10.4 Å². The Morgan fingerprint density at radius 1 is 1.41 bits per heavy atom. The lowest BCUT2D eigenvalue weighted by atomic mass is 10.3. The maximum absolute atomic E-state index is 10.4. The number of rotatable bonds is 5. The number of halogens is 1. The molecule has 0 aliphatic carbocycles. The molecule has 0 spiro atoms. The van der Waals surface area contributed by atoms with E-state index in [0.717, 1.165) is 0 Å². The van der Waals surface area contributed by atoms with Crippen molar-refractivity contribution in [2.75, 3.05) is 25.7 Å². The maximum Gasteiger partial charge on any atom is 0.400 e. The highest BCUT2D eigenvalue weighted by Gasteiger charge is 2.28. The van der Waals surface area contributed by atoms with E-state index in [1.54, 1.807) is 0 Å². The van der Waals surface area contributed by atoms with Gasteiger partial charge in [-0.15, -0.1) is 11.6 Å². The molecule has 0 bridgehead atoms. The quantitative estimate of drug-likeness (QED) is 0.557. The number of aliphatic hydroxyl groups is 3. The SMILES string of the molecule is O=S1(=O)OC[C@H](CCCl)O1.OCC[C@H](O)CO. The van der Waals surface area contributed by atoms with Crippen LogP contribution in [0.5, 0.6) is 0 Å². The van der Waals surface area contributed by atoms with Gasteiger partial charge in [-0.1, -0.05) is 0 Å². The summed E-state index contributed by atoms with van der Waals surface area (Å²) in [5.41, 5.74) is 0. The highest BCUT2D eigenvalue weighted by molar-refractivity contribution is 7.82. The minimum absolute atomic E-state index is 0.0677. The van der Waals surface area contributed by atoms with E-state index in [0.29, 0.717) is 12.3 Å². The summed E-state index contributed by atoms with van der Waals surface area (Å²) in [6.07, 6.45) is -0.371.